The van der Waals surface area contributed by atoms with Gasteiger partial charge in [-0.2, -0.15) is 0 Å². The van der Waals surface area contributed by atoms with Crippen molar-refractivity contribution >= 4 is 23.0 Å². The van der Waals surface area contributed by atoms with E-state index >= 15 is 0 Å². The van der Waals surface area contributed by atoms with E-state index in [1.165, 1.54) is 22.3 Å². The molecule has 0 saturated heterocycles. The van der Waals surface area contributed by atoms with Crippen LogP contribution < -0.4 is 10.6 Å². The highest BCUT2D eigenvalue weighted by Gasteiger charge is 2.14. The predicted molar refractivity (Wildman–Crippen MR) is 109 cm³/mol. The summed E-state index contributed by atoms with van der Waals surface area (Å²) in [5.74, 6) is 0. The van der Waals surface area contributed by atoms with Crippen LogP contribution in [-0.4, -0.2) is 5.11 Å². The van der Waals surface area contributed by atoms with Gasteiger partial charge >= 0.3 is 0 Å². The van der Waals surface area contributed by atoms with Gasteiger partial charge in [-0.05, 0) is 72.8 Å². The maximum atomic E-state index is 5.46. The van der Waals surface area contributed by atoms with Gasteiger partial charge in [-0.1, -0.05) is 51.1 Å². The highest BCUT2D eigenvalue weighted by Crippen LogP contribution is 2.24. The van der Waals surface area contributed by atoms with Crippen molar-refractivity contribution in [2.75, 3.05) is 5.32 Å². The molecule has 0 unspecified atom stereocenters. The molecule has 0 spiro atoms. The normalized spacial score (nSPS) is 12.6. The average Bonchev–Trinajstić information content (AvgIpc) is 2.45. The van der Waals surface area contributed by atoms with E-state index in [9.17, 15) is 0 Å². The van der Waals surface area contributed by atoms with Gasteiger partial charge in [0.15, 0.2) is 5.11 Å². The third kappa shape index (κ3) is 5.07. The monoisotopic (exact) mass is 340 g/mol. The molecule has 0 aliphatic heterocycles. The van der Waals surface area contributed by atoms with E-state index in [2.05, 4.69) is 94.6 Å². The van der Waals surface area contributed by atoms with Crippen LogP contribution in [0.3, 0.4) is 0 Å². The van der Waals surface area contributed by atoms with Crippen LogP contribution in [0.15, 0.2) is 42.5 Å². The van der Waals surface area contributed by atoms with Crippen molar-refractivity contribution in [3.63, 3.8) is 0 Å². The van der Waals surface area contributed by atoms with Crippen LogP contribution in [-0.2, 0) is 5.41 Å². The lowest BCUT2D eigenvalue weighted by molar-refractivity contribution is 0.589. The molecule has 0 saturated carbocycles. The van der Waals surface area contributed by atoms with Crippen LogP contribution in [0.2, 0.25) is 0 Å². The third-order valence-electron chi connectivity index (χ3n) is 4.10. The number of hydrogen-bond acceptors (Lipinski definition) is 1. The van der Waals surface area contributed by atoms with Gasteiger partial charge in [0, 0.05) is 5.69 Å². The molecule has 0 amide bonds. The minimum atomic E-state index is 0.157. The molecular weight excluding hydrogens is 312 g/mol. The molecule has 0 bridgehead atoms. The quantitative estimate of drug-likeness (QED) is 0.706. The molecule has 2 aromatic rings. The highest BCUT2D eigenvalue weighted by atomic mass is 32.1. The molecule has 128 valence electrons. The maximum absolute atomic E-state index is 5.46. The van der Waals surface area contributed by atoms with Gasteiger partial charge < -0.3 is 10.6 Å². The van der Waals surface area contributed by atoms with E-state index in [0.717, 1.165) is 5.69 Å². The molecule has 0 aromatic heterocycles. The number of aryl methyl sites for hydroxylation is 2. The second-order valence-electron chi connectivity index (χ2n) is 7.57. The summed E-state index contributed by atoms with van der Waals surface area (Å²) in [7, 11) is 0. The van der Waals surface area contributed by atoms with Crippen molar-refractivity contribution in [2.45, 2.75) is 53.0 Å². The SMILES string of the molecule is Cc1cc(C)cc(NC(=S)N[C@H](C)c2ccc(C(C)(C)C)cc2)c1. The summed E-state index contributed by atoms with van der Waals surface area (Å²) in [6, 6.07) is 15.3. The van der Waals surface area contributed by atoms with Crippen LogP contribution in [0.4, 0.5) is 5.69 Å². The van der Waals surface area contributed by atoms with Crippen molar-refractivity contribution < 1.29 is 0 Å². The molecule has 3 heteroatoms. The lowest BCUT2D eigenvalue weighted by atomic mass is 9.86. The maximum Gasteiger partial charge on any atom is 0.171 e. The van der Waals surface area contributed by atoms with Crippen LogP contribution in [0.25, 0.3) is 0 Å². The first-order chi connectivity index (χ1) is 11.1. The molecule has 0 aliphatic carbocycles. The van der Waals surface area contributed by atoms with Gasteiger partial charge in [0.1, 0.15) is 0 Å². The summed E-state index contributed by atoms with van der Waals surface area (Å²) in [5, 5.41) is 7.29. The molecule has 2 nitrogen and oxygen atoms in total. The van der Waals surface area contributed by atoms with Crippen LogP contribution in [0, 0.1) is 13.8 Å². The molecule has 0 fully saturated rings. The van der Waals surface area contributed by atoms with E-state index in [1.807, 2.05) is 0 Å². The summed E-state index contributed by atoms with van der Waals surface area (Å²) in [6.45, 7) is 13.0. The Bertz CT molecular complexity index is 691. The number of rotatable bonds is 3. The molecule has 2 aromatic carbocycles. The zero-order valence-electron chi connectivity index (χ0n) is 15.5. The standard InChI is InChI=1S/C21H28N2S/c1-14-11-15(2)13-19(12-14)23-20(24)22-16(3)17-7-9-18(10-8-17)21(4,5)6/h7-13,16H,1-6H3,(H2,22,23,24)/t16-/m1/s1. The number of anilines is 1. The lowest BCUT2D eigenvalue weighted by Crippen LogP contribution is -2.31. The Kier molecular flexibility index (Phi) is 5.66. The largest absolute Gasteiger partial charge is 0.356 e. The van der Waals surface area contributed by atoms with Crippen molar-refractivity contribution in [1.82, 2.24) is 5.32 Å². The van der Waals surface area contributed by atoms with Crippen molar-refractivity contribution in [2.24, 2.45) is 0 Å². The van der Waals surface area contributed by atoms with Crippen molar-refractivity contribution in [1.29, 1.82) is 0 Å². The average molecular weight is 341 g/mol. The van der Waals surface area contributed by atoms with E-state index in [4.69, 9.17) is 12.2 Å². The van der Waals surface area contributed by atoms with Gasteiger partial charge in [-0.15, -0.1) is 0 Å². The fourth-order valence-electron chi connectivity index (χ4n) is 2.77. The Morgan fingerprint density at radius 2 is 1.50 bits per heavy atom. The summed E-state index contributed by atoms with van der Waals surface area (Å²) in [4.78, 5) is 0. The molecule has 2 N–H and O–H groups in total. The van der Waals surface area contributed by atoms with Crippen LogP contribution in [0.5, 0.6) is 0 Å². The van der Waals surface area contributed by atoms with Crippen molar-refractivity contribution in [3.8, 4) is 0 Å². The minimum absolute atomic E-state index is 0.157. The number of thiocarbonyl (C=S) groups is 1. The molecular formula is C21H28N2S. The lowest BCUT2D eigenvalue weighted by Gasteiger charge is -2.21. The predicted octanol–water partition coefficient (Wildman–Crippen LogP) is 5.65. The van der Waals surface area contributed by atoms with Gasteiger partial charge in [0.05, 0.1) is 6.04 Å². The first-order valence-electron chi connectivity index (χ1n) is 8.41. The molecule has 24 heavy (non-hydrogen) atoms. The van der Waals surface area contributed by atoms with Gasteiger partial charge in [0.25, 0.3) is 0 Å². The fourth-order valence-corrected chi connectivity index (χ4v) is 3.06. The van der Waals surface area contributed by atoms with Crippen LogP contribution in [0.1, 0.15) is 56.0 Å². The van der Waals surface area contributed by atoms with Gasteiger partial charge in [0.2, 0.25) is 0 Å². The third-order valence-corrected chi connectivity index (χ3v) is 4.32. The van der Waals surface area contributed by atoms with Crippen molar-refractivity contribution in [3.05, 3.63) is 64.7 Å². The number of benzene rings is 2. The highest BCUT2D eigenvalue weighted by molar-refractivity contribution is 7.80. The smallest absolute Gasteiger partial charge is 0.171 e. The van der Waals surface area contributed by atoms with Gasteiger partial charge in [-0.25, -0.2) is 0 Å². The zero-order chi connectivity index (χ0) is 17.9. The first kappa shape index (κ1) is 18.5. The fraction of sp³-hybridized carbons (Fsp3) is 0.381. The second-order valence-corrected chi connectivity index (χ2v) is 7.98. The molecule has 0 radical (unpaired) electrons. The molecule has 0 heterocycles. The zero-order valence-corrected chi connectivity index (χ0v) is 16.3. The Labute approximate surface area is 151 Å². The Morgan fingerprint density at radius 1 is 0.958 bits per heavy atom. The summed E-state index contributed by atoms with van der Waals surface area (Å²) >= 11 is 5.46. The molecule has 0 aliphatic rings. The summed E-state index contributed by atoms with van der Waals surface area (Å²) < 4.78 is 0. The van der Waals surface area contributed by atoms with Crippen LogP contribution >= 0.6 is 12.2 Å². The molecule has 2 rings (SSSR count). The first-order valence-corrected chi connectivity index (χ1v) is 8.82. The second kappa shape index (κ2) is 7.35. The van der Waals surface area contributed by atoms with Gasteiger partial charge in [-0.3, -0.25) is 0 Å². The Hall–Kier alpha value is -1.87. The number of hydrogen-bond donors (Lipinski definition) is 2. The number of nitrogens with one attached hydrogen (secondary N) is 2. The van der Waals surface area contributed by atoms with E-state index in [1.54, 1.807) is 0 Å². The summed E-state index contributed by atoms with van der Waals surface area (Å²) in [5.41, 5.74) is 6.23. The Balaban J connectivity index is 2.00. The topological polar surface area (TPSA) is 24.1 Å². The molecule has 1 atom stereocenters. The van der Waals surface area contributed by atoms with E-state index in [0.29, 0.717) is 5.11 Å². The van der Waals surface area contributed by atoms with E-state index in [-0.39, 0.29) is 11.5 Å². The minimum Gasteiger partial charge on any atom is -0.356 e. The van der Waals surface area contributed by atoms with E-state index < -0.39 is 0 Å². The Morgan fingerprint density at radius 3 is 2.00 bits per heavy atom. The summed E-state index contributed by atoms with van der Waals surface area (Å²) in [6.07, 6.45) is 0.